The van der Waals surface area contributed by atoms with Gasteiger partial charge >= 0.3 is 0 Å². The lowest BCUT2D eigenvalue weighted by molar-refractivity contribution is 0.0186. The number of nitrogens with two attached hydrogens (primary N) is 1. The zero-order valence-corrected chi connectivity index (χ0v) is 9.77. The van der Waals surface area contributed by atoms with Gasteiger partial charge in [0, 0.05) is 6.54 Å². The zero-order valence-electron chi connectivity index (χ0n) is 9.77. The fraction of sp³-hybridized carbons (Fsp3) is 0.500. The number of hydrogen-bond acceptors (Lipinski definition) is 4. The number of aliphatic hydroxyl groups is 1. The Labute approximate surface area is 96.0 Å². The van der Waals surface area contributed by atoms with Crippen LogP contribution in [0.4, 0.5) is 0 Å². The molecule has 0 aliphatic rings. The van der Waals surface area contributed by atoms with Gasteiger partial charge in [0.1, 0.15) is 12.2 Å². The summed E-state index contributed by atoms with van der Waals surface area (Å²) in [6.07, 6.45) is 0. The van der Waals surface area contributed by atoms with Crippen LogP contribution in [0.1, 0.15) is 13.8 Å². The van der Waals surface area contributed by atoms with E-state index in [9.17, 15) is 5.11 Å². The molecule has 1 aromatic carbocycles. The first-order valence-electron chi connectivity index (χ1n) is 5.36. The van der Waals surface area contributed by atoms with Crippen LogP contribution < -0.4 is 15.2 Å². The second-order valence-corrected chi connectivity index (χ2v) is 3.87. The molecular weight excluding hydrogens is 206 g/mol. The normalized spacial score (nSPS) is 14.2. The smallest absolute Gasteiger partial charge is 0.161 e. The van der Waals surface area contributed by atoms with Crippen molar-refractivity contribution in [1.82, 2.24) is 0 Å². The van der Waals surface area contributed by atoms with Gasteiger partial charge in [-0.25, -0.2) is 0 Å². The van der Waals surface area contributed by atoms with Crippen molar-refractivity contribution >= 4 is 0 Å². The Morgan fingerprint density at radius 1 is 1.25 bits per heavy atom. The van der Waals surface area contributed by atoms with E-state index in [4.69, 9.17) is 15.2 Å². The molecule has 0 radical (unpaired) electrons. The maximum Gasteiger partial charge on any atom is 0.161 e. The van der Waals surface area contributed by atoms with Crippen LogP contribution in [0.25, 0.3) is 0 Å². The summed E-state index contributed by atoms with van der Waals surface area (Å²) in [4.78, 5) is 0. The molecule has 1 unspecified atom stereocenters. The average molecular weight is 225 g/mol. The van der Waals surface area contributed by atoms with Crippen LogP contribution in [-0.4, -0.2) is 30.5 Å². The van der Waals surface area contributed by atoms with E-state index < -0.39 is 5.60 Å². The van der Waals surface area contributed by atoms with Crippen molar-refractivity contribution in [3.8, 4) is 11.5 Å². The molecule has 90 valence electrons. The standard InChI is InChI=1S/C12H19NO3/c1-3-15-10-6-4-5-7-11(10)16-9-12(2,14)8-13/h4-7,14H,3,8-9,13H2,1-2H3. The summed E-state index contributed by atoms with van der Waals surface area (Å²) >= 11 is 0. The third kappa shape index (κ3) is 3.72. The van der Waals surface area contributed by atoms with Crippen LogP contribution in [-0.2, 0) is 0 Å². The predicted octanol–water partition coefficient (Wildman–Crippen LogP) is 1.17. The second kappa shape index (κ2) is 5.72. The quantitative estimate of drug-likeness (QED) is 0.763. The molecule has 4 nitrogen and oxygen atoms in total. The lowest BCUT2D eigenvalue weighted by atomic mass is 10.1. The summed E-state index contributed by atoms with van der Waals surface area (Å²) in [7, 11) is 0. The number of rotatable bonds is 6. The molecule has 16 heavy (non-hydrogen) atoms. The van der Waals surface area contributed by atoms with Crippen LogP contribution in [0, 0.1) is 0 Å². The highest BCUT2D eigenvalue weighted by molar-refractivity contribution is 5.39. The lowest BCUT2D eigenvalue weighted by Gasteiger charge is -2.22. The Morgan fingerprint density at radius 2 is 1.81 bits per heavy atom. The molecule has 0 saturated carbocycles. The molecule has 1 rings (SSSR count). The van der Waals surface area contributed by atoms with Crippen molar-refractivity contribution in [2.75, 3.05) is 19.8 Å². The van der Waals surface area contributed by atoms with Gasteiger partial charge < -0.3 is 20.3 Å². The van der Waals surface area contributed by atoms with Crippen LogP contribution in [0.2, 0.25) is 0 Å². The maximum atomic E-state index is 9.71. The Morgan fingerprint density at radius 3 is 2.31 bits per heavy atom. The zero-order chi connectivity index (χ0) is 12.0. The van der Waals surface area contributed by atoms with Gasteiger partial charge in [-0.1, -0.05) is 12.1 Å². The molecule has 0 spiro atoms. The molecule has 0 saturated heterocycles. The summed E-state index contributed by atoms with van der Waals surface area (Å²) in [5.41, 5.74) is 4.39. The molecule has 4 heteroatoms. The van der Waals surface area contributed by atoms with Crippen molar-refractivity contribution in [2.45, 2.75) is 19.4 Å². The molecule has 0 heterocycles. The predicted molar refractivity (Wildman–Crippen MR) is 62.8 cm³/mol. The molecular formula is C12H19NO3. The number of benzene rings is 1. The van der Waals surface area contributed by atoms with Gasteiger partial charge in [0.05, 0.1) is 6.61 Å². The summed E-state index contributed by atoms with van der Waals surface area (Å²) in [6, 6.07) is 7.36. The summed E-state index contributed by atoms with van der Waals surface area (Å²) in [5, 5.41) is 9.71. The van der Waals surface area contributed by atoms with E-state index in [0.717, 1.165) is 0 Å². The van der Waals surface area contributed by atoms with E-state index in [2.05, 4.69) is 0 Å². The first-order valence-corrected chi connectivity index (χ1v) is 5.36. The molecule has 0 amide bonds. The molecule has 0 aliphatic carbocycles. The van der Waals surface area contributed by atoms with Crippen molar-refractivity contribution in [3.63, 3.8) is 0 Å². The first kappa shape index (κ1) is 12.8. The SMILES string of the molecule is CCOc1ccccc1OCC(C)(O)CN. The van der Waals surface area contributed by atoms with E-state index in [-0.39, 0.29) is 13.2 Å². The third-order valence-electron chi connectivity index (χ3n) is 2.13. The van der Waals surface area contributed by atoms with Gasteiger partial charge in [-0.3, -0.25) is 0 Å². The summed E-state index contributed by atoms with van der Waals surface area (Å²) in [5.74, 6) is 1.30. The average Bonchev–Trinajstić information content (AvgIpc) is 2.28. The Hall–Kier alpha value is -1.26. The molecule has 0 fully saturated rings. The molecule has 0 aromatic heterocycles. The number of para-hydroxylation sites is 2. The van der Waals surface area contributed by atoms with Crippen molar-refractivity contribution in [1.29, 1.82) is 0 Å². The van der Waals surface area contributed by atoms with Gasteiger partial charge in [-0.05, 0) is 26.0 Å². The first-order chi connectivity index (χ1) is 7.59. The largest absolute Gasteiger partial charge is 0.490 e. The van der Waals surface area contributed by atoms with Crippen molar-refractivity contribution in [2.24, 2.45) is 5.73 Å². The highest BCUT2D eigenvalue weighted by Gasteiger charge is 2.19. The molecule has 3 N–H and O–H groups in total. The topological polar surface area (TPSA) is 64.7 Å². The molecule has 1 aromatic rings. The molecule has 0 aliphatic heterocycles. The van der Waals surface area contributed by atoms with E-state index in [1.165, 1.54) is 0 Å². The van der Waals surface area contributed by atoms with E-state index in [1.54, 1.807) is 13.0 Å². The van der Waals surface area contributed by atoms with Gasteiger partial charge in [0.25, 0.3) is 0 Å². The maximum absolute atomic E-state index is 9.71. The Balaban J connectivity index is 2.66. The van der Waals surface area contributed by atoms with Crippen LogP contribution in [0.5, 0.6) is 11.5 Å². The lowest BCUT2D eigenvalue weighted by Crippen LogP contribution is -2.40. The van der Waals surface area contributed by atoms with E-state index >= 15 is 0 Å². The third-order valence-corrected chi connectivity index (χ3v) is 2.13. The molecule has 1 atom stereocenters. The highest BCUT2D eigenvalue weighted by Crippen LogP contribution is 2.26. The fourth-order valence-corrected chi connectivity index (χ4v) is 1.14. The minimum absolute atomic E-state index is 0.146. The monoisotopic (exact) mass is 225 g/mol. The second-order valence-electron chi connectivity index (χ2n) is 3.87. The minimum Gasteiger partial charge on any atom is -0.490 e. The summed E-state index contributed by atoms with van der Waals surface area (Å²) < 4.78 is 10.9. The van der Waals surface area contributed by atoms with Gasteiger partial charge in [0.15, 0.2) is 11.5 Å². The highest BCUT2D eigenvalue weighted by atomic mass is 16.5. The van der Waals surface area contributed by atoms with E-state index in [1.807, 2.05) is 25.1 Å². The number of ether oxygens (including phenoxy) is 2. The van der Waals surface area contributed by atoms with Gasteiger partial charge in [-0.15, -0.1) is 0 Å². The van der Waals surface area contributed by atoms with Crippen LogP contribution in [0.15, 0.2) is 24.3 Å². The Bertz CT molecular complexity index is 326. The van der Waals surface area contributed by atoms with Crippen LogP contribution in [0.3, 0.4) is 0 Å². The molecule has 0 bridgehead atoms. The van der Waals surface area contributed by atoms with Gasteiger partial charge in [-0.2, -0.15) is 0 Å². The Kier molecular flexibility index (Phi) is 4.58. The number of hydrogen-bond donors (Lipinski definition) is 2. The van der Waals surface area contributed by atoms with Crippen molar-refractivity contribution < 1.29 is 14.6 Å². The van der Waals surface area contributed by atoms with Gasteiger partial charge in [0.2, 0.25) is 0 Å². The van der Waals surface area contributed by atoms with E-state index in [0.29, 0.717) is 18.1 Å². The van der Waals surface area contributed by atoms with Crippen molar-refractivity contribution in [3.05, 3.63) is 24.3 Å². The van der Waals surface area contributed by atoms with Crippen LogP contribution >= 0.6 is 0 Å². The summed E-state index contributed by atoms with van der Waals surface area (Å²) in [6.45, 7) is 4.42. The fourth-order valence-electron chi connectivity index (χ4n) is 1.14. The minimum atomic E-state index is -1.01.